The van der Waals surface area contributed by atoms with Crippen LogP contribution in [0.1, 0.15) is 27.2 Å². The predicted octanol–water partition coefficient (Wildman–Crippen LogP) is 3.16. The van der Waals surface area contributed by atoms with Gasteiger partial charge in [0.15, 0.2) is 6.29 Å². The van der Waals surface area contributed by atoms with Gasteiger partial charge in [-0.2, -0.15) is 5.26 Å². The van der Waals surface area contributed by atoms with Crippen molar-refractivity contribution in [1.29, 1.82) is 5.26 Å². The van der Waals surface area contributed by atoms with Gasteiger partial charge in [-0.3, -0.25) is 10.1 Å². The van der Waals surface area contributed by atoms with Gasteiger partial charge in [-0.05, 0) is 44.5 Å². The van der Waals surface area contributed by atoms with Gasteiger partial charge in [0.25, 0.3) is 5.91 Å². The fourth-order valence-corrected chi connectivity index (χ4v) is 2.38. The monoisotopic (exact) mass is 408 g/mol. The van der Waals surface area contributed by atoms with Crippen LogP contribution in [-0.4, -0.2) is 38.0 Å². The minimum Gasteiger partial charge on any atom is -0.382 e. The molecule has 0 radical (unpaired) electrons. The molecular weight excluding hydrogens is 384 g/mol. The average Bonchev–Trinajstić information content (AvgIpc) is 2.66. The number of nitrogens with one attached hydrogen (secondary N) is 3. The van der Waals surface area contributed by atoms with Gasteiger partial charge in [0.2, 0.25) is 0 Å². The quantitative estimate of drug-likeness (QED) is 0.311. The molecule has 0 spiro atoms. The Bertz CT molecular complexity index is 722. The Labute approximate surface area is 169 Å². The smallest absolute Gasteiger partial charge is 0.326 e. The molecule has 0 atom stereocenters. The summed E-state index contributed by atoms with van der Waals surface area (Å²) in [4.78, 5) is 24.4. The number of amides is 3. The number of imide groups is 1. The van der Waals surface area contributed by atoms with Crippen molar-refractivity contribution in [2.75, 3.05) is 25.1 Å². The van der Waals surface area contributed by atoms with Gasteiger partial charge in [0.1, 0.15) is 11.6 Å². The van der Waals surface area contributed by atoms with Crippen LogP contribution >= 0.6 is 11.6 Å². The molecule has 0 fully saturated rings. The fraction of sp³-hybridized carbons (Fsp3) is 0.421. The zero-order valence-corrected chi connectivity index (χ0v) is 16.9. The van der Waals surface area contributed by atoms with Gasteiger partial charge in [-0.1, -0.05) is 18.5 Å². The number of nitrogens with zero attached hydrogens (tertiary/aromatic N) is 1. The Kier molecular flexibility index (Phi) is 10.7. The van der Waals surface area contributed by atoms with Crippen LogP contribution in [0.4, 0.5) is 10.5 Å². The number of benzene rings is 1. The Hall–Kier alpha value is -2.60. The summed E-state index contributed by atoms with van der Waals surface area (Å²) in [6.07, 6.45) is -0.118. The second kappa shape index (κ2) is 12.7. The molecule has 3 amide bonds. The average molecular weight is 409 g/mol. The normalized spacial score (nSPS) is 11.4. The van der Waals surface area contributed by atoms with Crippen molar-refractivity contribution in [1.82, 2.24) is 10.6 Å². The van der Waals surface area contributed by atoms with E-state index in [4.69, 9.17) is 21.1 Å². The predicted molar refractivity (Wildman–Crippen MR) is 107 cm³/mol. The maximum Gasteiger partial charge on any atom is 0.326 e. The first-order chi connectivity index (χ1) is 13.4. The number of nitriles is 1. The van der Waals surface area contributed by atoms with E-state index in [2.05, 4.69) is 16.0 Å². The lowest BCUT2D eigenvalue weighted by Gasteiger charge is -2.19. The van der Waals surface area contributed by atoms with Crippen LogP contribution in [0.3, 0.4) is 0 Å². The Morgan fingerprint density at radius 3 is 2.25 bits per heavy atom. The Morgan fingerprint density at radius 2 is 1.75 bits per heavy atom. The standard InChI is InChI=1S/C19H25ClN4O4/c1-4-16(22-12-17(27-5-2)28-6-3)15(11-21)18(25)24-19(26)23-14-9-7-13(20)8-10-14/h7-10,17,22H,4-6,12H2,1-3H3,(H2,23,24,25,26)/b16-15+. The summed E-state index contributed by atoms with van der Waals surface area (Å²) in [7, 11) is 0. The number of ether oxygens (including phenoxy) is 2. The fourth-order valence-electron chi connectivity index (χ4n) is 2.25. The lowest BCUT2D eigenvalue weighted by molar-refractivity contribution is -0.132. The van der Waals surface area contributed by atoms with Crippen molar-refractivity contribution in [3.05, 3.63) is 40.6 Å². The van der Waals surface area contributed by atoms with E-state index in [1.165, 1.54) is 0 Å². The Balaban J connectivity index is 2.77. The van der Waals surface area contributed by atoms with Gasteiger partial charge in [-0.15, -0.1) is 0 Å². The molecule has 0 aliphatic carbocycles. The number of urea groups is 1. The molecule has 1 aromatic carbocycles. The minimum atomic E-state index is -0.803. The molecule has 3 N–H and O–H groups in total. The third-order valence-corrected chi connectivity index (χ3v) is 3.76. The van der Waals surface area contributed by atoms with E-state index in [-0.39, 0.29) is 12.1 Å². The zero-order chi connectivity index (χ0) is 20.9. The molecule has 1 rings (SSSR count). The highest BCUT2D eigenvalue weighted by Crippen LogP contribution is 2.13. The second-order valence-corrected chi connectivity index (χ2v) is 5.89. The summed E-state index contributed by atoms with van der Waals surface area (Å²) in [6.45, 7) is 6.67. The molecule has 0 aromatic heterocycles. The molecule has 0 saturated carbocycles. The maximum absolute atomic E-state index is 12.3. The molecule has 0 aliphatic rings. The zero-order valence-electron chi connectivity index (χ0n) is 16.2. The molecule has 0 heterocycles. The summed E-state index contributed by atoms with van der Waals surface area (Å²) in [5.41, 5.74) is 0.673. The number of anilines is 1. The Morgan fingerprint density at radius 1 is 1.14 bits per heavy atom. The number of hydrogen-bond acceptors (Lipinski definition) is 6. The first-order valence-electron chi connectivity index (χ1n) is 8.93. The molecule has 8 nitrogen and oxygen atoms in total. The first-order valence-corrected chi connectivity index (χ1v) is 9.31. The van der Waals surface area contributed by atoms with E-state index >= 15 is 0 Å². The highest BCUT2D eigenvalue weighted by atomic mass is 35.5. The van der Waals surface area contributed by atoms with E-state index in [1.807, 2.05) is 19.9 Å². The molecule has 0 aliphatic heterocycles. The van der Waals surface area contributed by atoms with Crippen LogP contribution in [0.5, 0.6) is 0 Å². The number of rotatable bonds is 10. The van der Waals surface area contributed by atoms with E-state index in [9.17, 15) is 14.9 Å². The largest absolute Gasteiger partial charge is 0.382 e. The van der Waals surface area contributed by atoms with Crippen LogP contribution in [0.25, 0.3) is 0 Å². The van der Waals surface area contributed by atoms with E-state index < -0.39 is 18.2 Å². The van der Waals surface area contributed by atoms with Crippen LogP contribution in [-0.2, 0) is 14.3 Å². The number of allylic oxidation sites excluding steroid dienone is 1. The molecule has 9 heteroatoms. The number of carbonyl (C=O) groups excluding carboxylic acids is 2. The summed E-state index contributed by atoms with van der Waals surface area (Å²) in [5.74, 6) is -0.803. The van der Waals surface area contributed by atoms with E-state index in [0.717, 1.165) is 0 Å². The van der Waals surface area contributed by atoms with Crippen LogP contribution in [0.2, 0.25) is 5.02 Å². The summed E-state index contributed by atoms with van der Waals surface area (Å²) in [6, 6.07) is 7.48. The molecule has 1 aromatic rings. The highest BCUT2D eigenvalue weighted by Gasteiger charge is 2.18. The lowest BCUT2D eigenvalue weighted by atomic mass is 10.1. The molecule has 28 heavy (non-hydrogen) atoms. The van der Waals surface area contributed by atoms with Crippen molar-refractivity contribution < 1.29 is 19.1 Å². The molecule has 0 unspecified atom stereocenters. The summed E-state index contributed by atoms with van der Waals surface area (Å²) in [5, 5.41) is 17.5. The summed E-state index contributed by atoms with van der Waals surface area (Å²) < 4.78 is 10.9. The van der Waals surface area contributed by atoms with Gasteiger partial charge >= 0.3 is 6.03 Å². The van der Waals surface area contributed by atoms with Gasteiger partial charge in [0, 0.05) is 29.6 Å². The topological polar surface area (TPSA) is 112 Å². The third-order valence-electron chi connectivity index (χ3n) is 3.51. The van der Waals surface area contributed by atoms with Crippen molar-refractivity contribution in [3.63, 3.8) is 0 Å². The van der Waals surface area contributed by atoms with Gasteiger partial charge < -0.3 is 20.1 Å². The molecule has 0 saturated heterocycles. The maximum atomic E-state index is 12.3. The third kappa shape index (κ3) is 7.96. The number of carbonyl (C=O) groups is 2. The minimum absolute atomic E-state index is 0.180. The number of halogens is 1. The molecule has 0 bridgehead atoms. The van der Waals surface area contributed by atoms with Gasteiger partial charge in [0.05, 0.1) is 6.54 Å². The van der Waals surface area contributed by atoms with Gasteiger partial charge in [-0.25, -0.2) is 4.79 Å². The SMILES string of the molecule is CCOC(CN/C(CC)=C(\C#N)C(=O)NC(=O)Nc1ccc(Cl)cc1)OCC. The van der Waals surface area contributed by atoms with E-state index in [0.29, 0.717) is 36.0 Å². The molecule has 152 valence electrons. The number of hydrogen-bond donors (Lipinski definition) is 3. The van der Waals surface area contributed by atoms with Crippen molar-refractivity contribution in [2.45, 2.75) is 33.5 Å². The molecular formula is C19H25ClN4O4. The van der Waals surface area contributed by atoms with Crippen molar-refractivity contribution in [2.24, 2.45) is 0 Å². The van der Waals surface area contributed by atoms with Crippen molar-refractivity contribution >= 4 is 29.2 Å². The lowest BCUT2D eigenvalue weighted by Crippen LogP contribution is -2.37. The van der Waals surface area contributed by atoms with Crippen LogP contribution in [0, 0.1) is 11.3 Å². The van der Waals surface area contributed by atoms with Crippen LogP contribution < -0.4 is 16.0 Å². The first kappa shape index (κ1) is 23.4. The highest BCUT2D eigenvalue weighted by molar-refractivity contribution is 6.30. The van der Waals surface area contributed by atoms with Crippen LogP contribution in [0.15, 0.2) is 35.5 Å². The second-order valence-electron chi connectivity index (χ2n) is 5.46. The van der Waals surface area contributed by atoms with Crippen molar-refractivity contribution in [3.8, 4) is 6.07 Å². The van der Waals surface area contributed by atoms with E-state index in [1.54, 1.807) is 31.2 Å². The summed E-state index contributed by atoms with van der Waals surface area (Å²) >= 11 is 5.79.